The number of ether oxygens (including phenoxy) is 3. The summed E-state index contributed by atoms with van der Waals surface area (Å²) in [7, 11) is 1.57. The lowest BCUT2D eigenvalue weighted by Crippen LogP contribution is -2.50. The van der Waals surface area contributed by atoms with Gasteiger partial charge in [0, 0.05) is 35.6 Å². The number of aliphatic imine (C=N–C) groups is 1. The summed E-state index contributed by atoms with van der Waals surface area (Å²) >= 11 is 0. The number of rotatable bonds is 11. The highest BCUT2D eigenvalue weighted by molar-refractivity contribution is 6.14. The van der Waals surface area contributed by atoms with Crippen LogP contribution >= 0.6 is 0 Å². The second kappa shape index (κ2) is 13.2. The maximum atomic E-state index is 12.7. The second-order valence-electron chi connectivity index (χ2n) is 10.6. The van der Waals surface area contributed by atoms with Crippen molar-refractivity contribution in [3.05, 3.63) is 65.6 Å². The van der Waals surface area contributed by atoms with E-state index in [2.05, 4.69) is 10.1 Å². The fourth-order valence-electron chi connectivity index (χ4n) is 5.65. The zero-order valence-corrected chi connectivity index (χ0v) is 23.9. The van der Waals surface area contributed by atoms with E-state index < -0.39 is 43.1 Å². The van der Waals surface area contributed by atoms with Crippen molar-refractivity contribution in [3.8, 4) is 17.3 Å². The van der Waals surface area contributed by atoms with E-state index in [0.29, 0.717) is 43.2 Å². The number of hydrogen-bond acceptors (Lipinski definition) is 12. The highest BCUT2D eigenvalue weighted by atomic mass is 16.6. The van der Waals surface area contributed by atoms with Crippen LogP contribution in [-0.4, -0.2) is 109 Å². The molecule has 230 valence electrons. The number of hydrogen-bond donors (Lipinski definition) is 5. The lowest BCUT2D eigenvalue weighted by molar-refractivity contribution is -0.176. The number of esters is 1. The van der Waals surface area contributed by atoms with Crippen molar-refractivity contribution in [1.82, 2.24) is 14.8 Å². The number of aliphatic hydroxyl groups is 5. The Hall–Kier alpha value is -3.88. The Morgan fingerprint density at radius 1 is 1.12 bits per heavy atom. The van der Waals surface area contributed by atoms with Crippen molar-refractivity contribution in [2.45, 2.75) is 68.7 Å². The number of carbonyl (C=O) groups excluding carboxylic acids is 1. The minimum atomic E-state index is -2.11. The van der Waals surface area contributed by atoms with Crippen LogP contribution in [0.5, 0.6) is 11.5 Å². The standard InChI is InChI=1S/C30H36N4O9/c1-3-42-24-12-18-19-11-17(43-30(40)29(39)28(38)27(37)22(36)15-35)6-7-21(19)33-26(20(18)13-23(24)41-2)16-5-8-25(31-14-16)34-10-4-9-32-34/h4-5,8-10,12-14,17,19,21-22,27-29,35-39H,3,6-7,11,15H2,1-2H3/t17-,19-,21-,22-,27-,28+,29-/m1/s1. The van der Waals surface area contributed by atoms with E-state index in [4.69, 9.17) is 24.3 Å². The summed E-state index contributed by atoms with van der Waals surface area (Å²) in [5, 5.41) is 53.1. The highest BCUT2D eigenvalue weighted by Gasteiger charge is 2.41. The molecule has 3 aromatic rings. The molecule has 13 nitrogen and oxygen atoms in total. The van der Waals surface area contributed by atoms with Crippen LogP contribution in [0.2, 0.25) is 0 Å². The number of aromatic nitrogens is 3. The maximum absolute atomic E-state index is 12.7. The number of pyridine rings is 1. The van der Waals surface area contributed by atoms with Crippen LogP contribution in [0, 0.1) is 0 Å². The molecule has 3 heterocycles. The molecule has 1 aliphatic carbocycles. The lowest BCUT2D eigenvalue weighted by atomic mass is 9.74. The number of nitrogens with zero attached hydrogens (tertiary/aromatic N) is 4. The molecule has 0 radical (unpaired) electrons. The Bertz CT molecular complexity index is 1430. The van der Waals surface area contributed by atoms with Gasteiger partial charge in [0.05, 0.1) is 32.1 Å². The summed E-state index contributed by atoms with van der Waals surface area (Å²) in [6.45, 7) is 1.46. The van der Waals surface area contributed by atoms with Gasteiger partial charge >= 0.3 is 5.97 Å². The smallest absolute Gasteiger partial charge is 0.338 e. The molecule has 0 bridgehead atoms. The molecule has 0 spiro atoms. The Morgan fingerprint density at radius 3 is 2.58 bits per heavy atom. The SMILES string of the molecule is CCOc1cc2c(cc1OC)C(c1ccc(-n3cccn3)nc1)=N[C@@H]1CC[C@@H](OC(=O)[C@H](O)[C@@H](O)[C@H](O)[C@H](O)CO)C[C@H]21. The van der Waals surface area contributed by atoms with Gasteiger partial charge in [0.1, 0.15) is 24.4 Å². The van der Waals surface area contributed by atoms with Gasteiger partial charge in [-0.3, -0.25) is 4.99 Å². The molecule has 2 aromatic heterocycles. The monoisotopic (exact) mass is 596 g/mol. The molecule has 5 N–H and O–H groups in total. The molecule has 13 heteroatoms. The molecule has 0 amide bonds. The third-order valence-electron chi connectivity index (χ3n) is 7.89. The third-order valence-corrected chi connectivity index (χ3v) is 7.89. The maximum Gasteiger partial charge on any atom is 0.338 e. The van der Waals surface area contributed by atoms with Gasteiger partial charge in [-0.25, -0.2) is 14.5 Å². The molecule has 0 unspecified atom stereocenters. The van der Waals surface area contributed by atoms with Crippen LogP contribution < -0.4 is 9.47 Å². The van der Waals surface area contributed by atoms with E-state index in [9.17, 15) is 25.2 Å². The molecule has 2 aliphatic rings. The molecule has 1 aromatic carbocycles. The van der Waals surface area contributed by atoms with E-state index in [-0.39, 0.29) is 12.0 Å². The zero-order chi connectivity index (χ0) is 30.7. The fraction of sp³-hybridized carbons (Fsp3) is 0.467. The van der Waals surface area contributed by atoms with Gasteiger partial charge in [-0.2, -0.15) is 5.10 Å². The molecule has 1 aliphatic heterocycles. The molecule has 0 saturated heterocycles. The lowest BCUT2D eigenvalue weighted by Gasteiger charge is -2.39. The van der Waals surface area contributed by atoms with Gasteiger partial charge < -0.3 is 39.7 Å². The van der Waals surface area contributed by atoms with Crippen molar-refractivity contribution >= 4 is 11.7 Å². The summed E-state index contributed by atoms with van der Waals surface area (Å²) in [6.07, 6.45) is -1.75. The van der Waals surface area contributed by atoms with Crippen molar-refractivity contribution in [2.24, 2.45) is 4.99 Å². The topological polar surface area (TPSA) is 189 Å². The average Bonchev–Trinajstić information content (AvgIpc) is 3.58. The molecule has 7 atom stereocenters. The largest absolute Gasteiger partial charge is 0.493 e. The molecule has 5 rings (SSSR count). The highest BCUT2D eigenvalue weighted by Crippen LogP contribution is 2.45. The van der Waals surface area contributed by atoms with Crippen molar-refractivity contribution in [1.29, 1.82) is 0 Å². The normalized spacial score (nSPS) is 22.3. The van der Waals surface area contributed by atoms with Crippen LogP contribution in [0.3, 0.4) is 0 Å². The van der Waals surface area contributed by atoms with Crippen molar-refractivity contribution in [2.75, 3.05) is 20.3 Å². The summed E-state index contributed by atoms with van der Waals surface area (Å²) in [5.74, 6) is 0.502. The van der Waals surface area contributed by atoms with Gasteiger partial charge in [0.25, 0.3) is 0 Å². The number of fused-ring (bicyclic) bond motifs is 3. The van der Waals surface area contributed by atoms with E-state index in [1.807, 2.05) is 43.5 Å². The molecule has 43 heavy (non-hydrogen) atoms. The quantitative estimate of drug-likeness (QED) is 0.194. The van der Waals surface area contributed by atoms with Crippen molar-refractivity contribution < 1.29 is 44.5 Å². The van der Waals surface area contributed by atoms with Gasteiger partial charge in [0.2, 0.25) is 0 Å². The first-order valence-corrected chi connectivity index (χ1v) is 14.2. The molecule has 1 fully saturated rings. The van der Waals surface area contributed by atoms with Crippen LogP contribution in [0.4, 0.5) is 0 Å². The second-order valence-corrected chi connectivity index (χ2v) is 10.6. The van der Waals surface area contributed by atoms with Gasteiger partial charge in [-0.1, -0.05) is 0 Å². The van der Waals surface area contributed by atoms with Gasteiger partial charge in [-0.15, -0.1) is 0 Å². The van der Waals surface area contributed by atoms with E-state index >= 15 is 0 Å². The van der Waals surface area contributed by atoms with Crippen LogP contribution in [0.1, 0.15) is 48.8 Å². The Labute approximate surface area is 248 Å². The fourth-order valence-corrected chi connectivity index (χ4v) is 5.65. The number of benzene rings is 1. The predicted octanol–water partition coefficient (Wildman–Crippen LogP) is 0.509. The zero-order valence-electron chi connectivity index (χ0n) is 23.9. The molecular weight excluding hydrogens is 560 g/mol. The first kappa shape index (κ1) is 30.6. The minimum absolute atomic E-state index is 0.136. The number of carbonyl (C=O) groups is 1. The Kier molecular flexibility index (Phi) is 9.37. The van der Waals surface area contributed by atoms with Crippen LogP contribution in [0.15, 0.2) is 53.9 Å². The first-order valence-electron chi connectivity index (χ1n) is 14.2. The van der Waals surface area contributed by atoms with Gasteiger partial charge in [-0.05, 0) is 62.1 Å². The first-order chi connectivity index (χ1) is 20.7. The molecular formula is C30H36N4O9. The average molecular weight is 597 g/mol. The molecule has 1 saturated carbocycles. The summed E-state index contributed by atoms with van der Waals surface area (Å²) in [6, 6.07) is 9.32. The summed E-state index contributed by atoms with van der Waals surface area (Å²) in [5.41, 5.74) is 3.34. The van der Waals surface area contributed by atoms with E-state index in [1.165, 1.54) is 0 Å². The minimum Gasteiger partial charge on any atom is -0.493 e. The predicted molar refractivity (Wildman–Crippen MR) is 153 cm³/mol. The van der Waals surface area contributed by atoms with Gasteiger partial charge in [0.15, 0.2) is 23.4 Å². The van der Waals surface area contributed by atoms with Crippen LogP contribution in [0.25, 0.3) is 5.82 Å². The van der Waals surface area contributed by atoms with E-state index in [0.717, 1.165) is 22.4 Å². The number of aliphatic hydroxyl groups excluding tert-OH is 5. The van der Waals surface area contributed by atoms with Crippen LogP contribution in [-0.2, 0) is 9.53 Å². The van der Waals surface area contributed by atoms with E-state index in [1.54, 1.807) is 24.2 Å². The van der Waals surface area contributed by atoms with Crippen molar-refractivity contribution in [3.63, 3.8) is 0 Å². The summed E-state index contributed by atoms with van der Waals surface area (Å²) in [4.78, 5) is 22.4. The number of methoxy groups -OCH3 is 1. The summed E-state index contributed by atoms with van der Waals surface area (Å²) < 4.78 is 18.7. The Morgan fingerprint density at radius 2 is 1.93 bits per heavy atom. The Balaban J connectivity index is 1.42. The third kappa shape index (κ3) is 6.26.